The van der Waals surface area contributed by atoms with Crippen molar-refractivity contribution < 1.29 is 27.5 Å². The third-order valence-electron chi connectivity index (χ3n) is 5.90. The van der Waals surface area contributed by atoms with Crippen LogP contribution in [0, 0.1) is 11.3 Å². The number of halogens is 3. The average Bonchev–Trinajstić information content (AvgIpc) is 3.32. The number of alkyl halides is 3. The summed E-state index contributed by atoms with van der Waals surface area (Å²) < 4.78 is 44.1. The first-order chi connectivity index (χ1) is 12.7. The lowest BCUT2D eigenvalue weighted by atomic mass is 9.57. The fraction of sp³-hybridized carbons (Fsp3) is 0.579. The number of ether oxygens (including phenoxy) is 1. The number of hydrogen-bond donors (Lipinski definition) is 1. The zero-order valence-electron chi connectivity index (χ0n) is 14.7. The molecule has 8 heteroatoms. The van der Waals surface area contributed by atoms with E-state index >= 15 is 0 Å². The number of amides is 2. The normalized spacial score (nSPS) is 22.6. The van der Waals surface area contributed by atoms with Gasteiger partial charge in [0.1, 0.15) is 12.1 Å². The van der Waals surface area contributed by atoms with Crippen LogP contribution in [0.1, 0.15) is 31.2 Å². The van der Waals surface area contributed by atoms with E-state index in [1.165, 1.54) is 0 Å². The fourth-order valence-electron chi connectivity index (χ4n) is 4.07. The van der Waals surface area contributed by atoms with Crippen LogP contribution in [0.2, 0.25) is 0 Å². The van der Waals surface area contributed by atoms with Crippen molar-refractivity contribution in [1.29, 1.82) is 0 Å². The lowest BCUT2D eigenvalue weighted by molar-refractivity contribution is -0.175. The molecule has 0 bridgehead atoms. The number of likely N-dealkylation sites (tertiary alicyclic amines) is 1. The van der Waals surface area contributed by atoms with Gasteiger partial charge in [-0.15, -0.1) is 0 Å². The Labute approximate surface area is 154 Å². The van der Waals surface area contributed by atoms with E-state index in [1.807, 2.05) is 30.3 Å². The number of carbonyl (C=O) groups excluding carboxylic acids is 2. The molecule has 3 fully saturated rings. The molecule has 4 rings (SSSR count). The van der Waals surface area contributed by atoms with Crippen molar-refractivity contribution >= 4 is 12.0 Å². The Morgan fingerprint density at radius 1 is 1.15 bits per heavy atom. The Morgan fingerprint density at radius 3 is 2.33 bits per heavy atom. The highest BCUT2D eigenvalue weighted by molar-refractivity contribution is 5.81. The summed E-state index contributed by atoms with van der Waals surface area (Å²) in [4.78, 5) is 25.7. The molecule has 3 aliphatic rings. The molecular formula is C19H21F3N2O3. The predicted molar refractivity (Wildman–Crippen MR) is 89.5 cm³/mol. The standard InChI is InChI=1S/C19H21F3N2O3/c20-19(21,22)18(6-7-18)23-15(25)14-8-17(9-14)11-24(12-17)16(26)27-10-13-4-2-1-3-5-13/h1-5,14H,6-12H2,(H,23,25). The third-order valence-corrected chi connectivity index (χ3v) is 5.90. The van der Waals surface area contributed by atoms with Gasteiger partial charge in [-0.05, 0) is 31.2 Å². The van der Waals surface area contributed by atoms with Gasteiger partial charge in [-0.25, -0.2) is 4.79 Å². The maximum absolute atomic E-state index is 12.9. The molecule has 1 aliphatic heterocycles. The molecule has 2 aliphatic carbocycles. The highest BCUT2D eigenvalue weighted by Gasteiger charge is 2.65. The van der Waals surface area contributed by atoms with Crippen molar-refractivity contribution in [3.63, 3.8) is 0 Å². The summed E-state index contributed by atoms with van der Waals surface area (Å²) in [6.45, 7) is 1.19. The minimum absolute atomic E-state index is 0.0405. The minimum atomic E-state index is -4.39. The molecule has 0 radical (unpaired) electrons. The van der Waals surface area contributed by atoms with Gasteiger partial charge in [0, 0.05) is 24.4 Å². The molecule has 146 valence electrons. The molecule has 1 N–H and O–H groups in total. The molecular weight excluding hydrogens is 361 g/mol. The van der Waals surface area contributed by atoms with Crippen molar-refractivity contribution in [3.05, 3.63) is 35.9 Å². The zero-order chi connectivity index (χ0) is 19.3. The van der Waals surface area contributed by atoms with Crippen molar-refractivity contribution in [1.82, 2.24) is 10.2 Å². The van der Waals surface area contributed by atoms with E-state index in [0.29, 0.717) is 25.9 Å². The van der Waals surface area contributed by atoms with Crippen LogP contribution in [-0.4, -0.2) is 41.7 Å². The molecule has 1 spiro atoms. The van der Waals surface area contributed by atoms with E-state index in [4.69, 9.17) is 4.74 Å². The van der Waals surface area contributed by atoms with E-state index in [0.717, 1.165) is 5.56 Å². The molecule has 27 heavy (non-hydrogen) atoms. The van der Waals surface area contributed by atoms with E-state index in [1.54, 1.807) is 4.90 Å². The molecule has 0 unspecified atom stereocenters. The molecule has 0 aromatic heterocycles. The summed E-state index contributed by atoms with van der Waals surface area (Å²) in [5.74, 6) is -0.909. The highest BCUT2D eigenvalue weighted by Crippen LogP contribution is 2.54. The van der Waals surface area contributed by atoms with Crippen molar-refractivity contribution in [2.24, 2.45) is 11.3 Å². The average molecular weight is 382 g/mol. The first-order valence-corrected chi connectivity index (χ1v) is 9.06. The first-order valence-electron chi connectivity index (χ1n) is 9.06. The van der Waals surface area contributed by atoms with Gasteiger partial charge in [0.25, 0.3) is 0 Å². The number of nitrogens with zero attached hydrogens (tertiary/aromatic N) is 1. The molecule has 1 saturated heterocycles. The lowest BCUT2D eigenvalue weighted by Crippen LogP contribution is -2.66. The predicted octanol–water partition coefficient (Wildman–Crippen LogP) is 3.25. The van der Waals surface area contributed by atoms with Crippen LogP contribution >= 0.6 is 0 Å². The van der Waals surface area contributed by atoms with Gasteiger partial charge in [0.05, 0.1) is 0 Å². The molecule has 2 saturated carbocycles. The fourth-order valence-corrected chi connectivity index (χ4v) is 4.07. The number of benzene rings is 1. The van der Waals surface area contributed by atoms with Crippen LogP contribution in [0.5, 0.6) is 0 Å². The summed E-state index contributed by atoms with van der Waals surface area (Å²) in [7, 11) is 0. The van der Waals surface area contributed by atoms with E-state index in [2.05, 4.69) is 5.32 Å². The highest BCUT2D eigenvalue weighted by atomic mass is 19.4. The Bertz CT molecular complexity index is 732. The SMILES string of the molecule is O=C(NC1(C(F)(F)F)CC1)C1CC2(C1)CN(C(=O)OCc1ccccc1)C2. The quantitative estimate of drug-likeness (QED) is 0.870. The van der Waals surface area contributed by atoms with Gasteiger partial charge in [0.15, 0.2) is 0 Å². The molecule has 0 atom stereocenters. The summed E-state index contributed by atoms with van der Waals surface area (Å²) >= 11 is 0. The van der Waals surface area contributed by atoms with Crippen LogP contribution < -0.4 is 5.32 Å². The molecule has 1 aromatic carbocycles. The Hall–Kier alpha value is -2.25. The van der Waals surface area contributed by atoms with Gasteiger partial charge in [-0.2, -0.15) is 13.2 Å². The summed E-state index contributed by atoms with van der Waals surface area (Å²) in [5, 5.41) is 2.20. The van der Waals surface area contributed by atoms with Gasteiger partial charge in [0.2, 0.25) is 5.91 Å². The van der Waals surface area contributed by atoms with Crippen LogP contribution in [0.4, 0.5) is 18.0 Å². The maximum Gasteiger partial charge on any atom is 0.411 e. The van der Waals surface area contributed by atoms with Crippen LogP contribution in [0.25, 0.3) is 0 Å². The van der Waals surface area contributed by atoms with Crippen molar-refractivity contribution in [3.8, 4) is 0 Å². The third kappa shape index (κ3) is 3.37. The van der Waals surface area contributed by atoms with Crippen LogP contribution in [-0.2, 0) is 16.1 Å². The largest absolute Gasteiger partial charge is 0.445 e. The number of nitrogens with one attached hydrogen (secondary N) is 1. The smallest absolute Gasteiger partial charge is 0.411 e. The zero-order valence-corrected chi connectivity index (χ0v) is 14.7. The second kappa shape index (κ2) is 6.14. The van der Waals surface area contributed by atoms with E-state index < -0.39 is 29.6 Å². The van der Waals surface area contributed by atoms with Gasteiger partial charge in [-0.1, -0.05) is 30.3 Å². The molecule has 1 heterocycles. The van der Waals surface area contributed by atoms with Crippen molar-refractivity contribution in [2.75, 3.05) is 13.1 Å². The summed E-state index contributed by atoms with van der Waals surface area (Å²) in [6.07, 6.45) is -3.82. The summed E-state index contributed by atoms with van der Waals surface area (Å²) in [6, 6.07) is 9.35. The molecule has 2 amide bonds. The topological polar surface area (TPSA) is 58.6 Å². The van der Waals surface area contributed by atoms with E-state index in [-0.39, 0.29) is 24.9 Å². The van der Waals surface area contributed by atoms with Gasteiger partial charge >= 0.3 is 12.3 Å². The summed E-state index contributed by atoms with van der Waals surface area (Å²) in [5.41, 5.74) is -1.23. The van der Waals surface area contributed by atoms with E-state index in [9.17, 15) is 22.8 Å². The Balaban J connectivity index is 1.20. The van der Waals surface area contributed by atoms with Crippen LogP contribution in [0.15, 0.2) is 30.3 Å². The second-order valence-electron chi connectivity index (χ2n) is 8.07. The Kier molecular flexibility index (Phi) is 4.12. The maximum atomic E-state index is 12.9. The number of carbonyl (C=O) groups is 2. The van der Waals surface area contributed by atoms with Crippen LogP contribution in [0.3, 0.4) is 0 Å². The van der Waals surface area contributed by atoms with Crippen molar-refractivity contribution in [2.45, 2.75) is 44.0 Å². The Morgan fingerprint density at radius 2 is 1.78 bits per heavy atom. The minimum Gasteiger partial charge on any atom is -0.445 e. The molecule has 5 nitrogen and oxygen atoms in total. The number of hydrogen-bond acceptors (Lipinski definition) is 3. The first kappa shape index (κ1) is 18.1. The molecule has 1 aromatic rings. The number of rotatable bonds is 4. The monoisotopic (exact) mass is 382 g/mol. The second-order valence-corrected chi connectivity index (χ2v) is 8.07. The van der Waals surface area contributed by atoms with Gasteiger partial charge < -0.3 is 15.0 Å². The van der Waals surface area contributed by atoms with Gasteiger partial charge in [-0.3, -0.25) is 4.79 Å². The lowest BCUT2D eigenvalue weighted by Gasteiger charge is -2.58.